The first-order valence-corrected chi connectivity index (χ1v) is 4.02. The summed E-state index contributed by atoms with van der Waals surface area (Å²) in [5, 5.41) is 11.6. The number of rotatable bonds is 3. The molecule has 0 radical (unpaired) electrons. The zero-order valence-electron chi connectivity index (χ0n) is 7.65. The Bertz CT molecular complexity index is 363. The van der Waals surface area contributed by atoms with Crippen molar-refractivity contribution in [3.05, 3.63) is 24.0 Å². The van der Waals surface area contributed by atoms with E-state index in [1.54, 1.807) is 0 Å². The first kappa shape index (κ1) is 10.2. The number of Topliss-reactive ketones (excluding diaryl/α,β-unsaturated/α-hetero) is 1. The Hall–Kier alpha value is -1.91. The van der Waals surface area contributed by atoms with Crippen LogP contribution in [-0.4, -0.2) is 28.3 Å². The largest absolute Gasteiger partial charge is 0.505 e. The lowest BCUT2D eigenvalue weighted by Gasteiger charge is -2.03. The van der Waals surface area contributed by atoms with Crippen molar-refractivity contribution in [3.8, 4) is 5.75 Å². The summed E-state index contributed by atoms with van der Waals surface area (Å²) in [5.74, 6) is -0.833. The molecule has 1 heterocycles. The van der Waals surface area contributed by atoms with Gasteiger partial charge in [-0.2, -0.15) is 0 Å². The fraction of sp³-hybridized carbons (Fsp3) is 0.222. The molecule has 1 aromatic rings. The minimum atomic E-state index is -0.486. The first-order valence-electron chi connectivity index (χ1n) is 4.02. The van der Waals surface area contributed by atoms with Crippen LogP contribution in [0.2, 0.25) is 0 Å². The molecule has 2 N–H and O–H groups in total. The van der Waals surface area contributed by atoms with Gasteiger partial charge in [0.25, 0.3) is 5.91 Å². The van der Waals surface area contributed by atoms with Gasteiger partial charge in [-0.05, 0) is 13.0 Å². The third-order valence-corrected chi connectivity index (χ3v) is 1.54. The maximum Gasteiger partial charge on any atom is 0.255 e. The van der Waals surface area contributed by atoms with Gasteiger partial charge in [-0.25, -0.2) is 0 Å². The number of hydrogen-bond acceptors (Lipinski definition) is 4. The van der Waals surface area contributed by atoms with Crippen molar-refractivity contribution in [3.63, 3.8) is 0 Å². The van der Waals surface area contributed by atoms with Gasteiger partial charge in [-0.15, -0.1) is 0 Å². The molecule has 74 valence electrons. The summed E-state index contributed by atoms with van der Waals surface area (Å²) < 4.78 is 0. The van der Waals surface area contributed by atoms with E-state index >= 15 is 0 Å². The van der Waals surface area contributed by atoms with Crippen LogP contribution in [0.4, 0.5) is 0 Å². The number of hydrogen-bond donors (Lipinski definition) is 2. The average Bonchev–Trinajstić information content (AvgIpc) is 2.15. The Balaban J connectivity index is 2.70. The molecular formula is C9H10N2O3. The molecule has 1 amide bonds. The molecule has 0 spiro atoms. The zero-order valence-corrected chi connectivity index (χ0v) is 7.65. The molecule has 1 aromatic heterocycles. The second-order valence-electron chi connectivity index (χ2n) is 2.78. The predicted molar refractivity (Wildman–Crippen MR) is 48.9 cm³/mol. The molecule has 0 saturated heterocycles. The van der Waals surface area contributed by atoms with Crippen LogP contribution in [-0.2, 0) is 4.79 Å². The van der Waals surface area contributed by atoms with Crippen molar-refractivity contribution in [1.82, 2.24) is 10.3 Å². The highest BCUT2D eigenvalue weighted by molar-refractivity contribution is 5.98. The molecule has 0 aliphatic rings. The summed E-state index contributed by atoms with van der Waals surface area (Å²) in [6.07, 6.45) is 2.56. The van der Waals surface area contributed by atoms with E-state index in [2.05, 4.69) is 10.3 Å². The van der Waals surface area contributed by atoms with Gasteiger partial charge in [0.05, 0.1) is 18.3 Å². The van der Waals surface area contributed by atoms with Crippen molar-refractivity contribution in [2.24, 2.45) is 0 Å². The van der Waals surface area contributed by atoms with Gasteiger partial charge in [0.1, 0.15) is 11.5 Å². The highest BCUT2D eigenvalue weighted by Gasteiger charge is 2.10. The number of nitrogens with zero attached hydrogens (tertiary/aromatic N) is 1. The molecule has 5 nitrogen and oxygen atoms in total. The van der Waals surface area contributed by atoms with Crippen molar-refractivity contribution >= 4 is 11.7 Å². The van der Waals surface area contributed by atoms with Gasteiger partial charge in [-0.1, -0.05) is 0 Å². The fourth-order valence-electron chi connectivity index (χ4n) is 0.878. The Morgan fingerprint density at radius 2 is 2.29 bits per heavy atom. The lowest BCUT2D eigenvalue weighted by atomic mass is 10.2. The topological polar surface area (TPSA) is 79.3 Å². The van der Waals surface area contributed by atoms with E-state index in [9.17, 15) is 14.7 Å². The molecule has 0 aliphatic heterocycles. The minimum Gasteiger partial charge on any atom is -0.505 e. The van der Waals surface area contributed by atoms with Crippen LogP contribution in [0.5, 0.6) is 5.75 Å². The summed E-state index contributed by atoms with van der Waals surface area (Å²) in [7, 11) is 0. The highest BCUT2D eigenvalue weighted by atomic mass is 16.3. The van der Waals surface area contributed by atoms with Gasteiger partial charge in [-0.3, -0.25) is 14.6 Å². The number of amides is 1. The summed E-state index contributed by atoms with van der Waals surface area (Å²) >= 11 is 0. The van der Waals surface area contributed by atoms with Crippen molar-refractivity contribution in [2.45, 2.75) is 6.92 Å². The SMILES string of the molecule is CC(=O)CNC(=O)c1ccncc1O. The maximum atomic E-state index is 11.3. The quantitative estimate of drug-likeness (QED) is 0.715. The lowest BCUT2D eigenvalue weighted by Crippen LogP contribution is -2.28. The summed E-state index contributed by atoms with van der Waals surface area (Å²) in [5.41, 5.74) is 0.112. The Morgan fingerprint density at radius 1 is 1.57 bits per heavy atom. The highest BCUT2D eigenvalue weighted by Crippen LogP contribution is 2.12. The van der Waals surface area contributed by atoms with E-state index < -0.39 is 5.91 Å². The number of aromatic nitrogens is 1. The van der Waals surface area contributed by atoms with E-state index in [-0.39, 0.29) is 23.6 Å². The zero-order chi connectivity index (χ0) is 10.6. The fourth-order valence-corrected chi connectivity index (χ4v) is 0.878. The second kappa shape index (κ2) is 4.36. The maximum absolute atomic E-state index is 11.3. The Morgan fingerprint density at radius 3 is 2.86 bits per heavy atom. The van der Waals surface area contributed by atoms with Crippen LogP contribution in [0.25, 0.3) is 0 Å². The number of ketones is 1. The van der Waals surface area contributed by atoms with Gasteiger partial charge in [0.15, 0.2) is 0 Å². The monoisotopic (exact) mass is 194 g/mol. The molecular weight excluding hydrogens is 184 g/mol. The molecule has 5 heteroatoms. The van der Waals surface area contributed by atoms with E-state index in [4.69, 9.17) is 0 Å². The smallest absolute Gasteiger partial charge is 0.255 e. The van der Waals surface area contributed by atoms with Crippen molar-refractivity contribution < 1.29 is 14.7 Å². The standard InChI is InChI=1S/C9H10N2O3/c1-6(12)4-11-9(14)7-2-3-10-5-8(7)13/h2-3,5,13H,4H2,1H3,(H,11,14). The molecule has 0 aliphatic carbocycles. The second-order valence-corrected chi connectivity index (χ2v) is 2.78. The molecule has 1 rings (SSSR count). The van der Waals surface area contributed by atoms with E-state index in [1.807, 2.05) is 0 Å². The molecule has 0 saturated carbocycles. The molecule has 0 bridgehead atoms. The van der Waals surface area contributed by atoms with Gasteiger partial charge >= 0.3 is 0 Å². The van der Waals surface area contributed by atoms with Crippen LogP contribution < -0.4 is 5.32 Å². The van der Waals surface area contributed by atoms with E-state index in [1.165, 1.54) is 25.4 Å². The number of carbonyl (C=O) groups is 2. The molecule has 0 aromatic carbocycles. The third-order valence-electron chi connectivity index (χ3n) is 1.54. The summed E-state index contributed by atoms with van der Waals surface area (Å²) in [4.78, 5) is 25.5. The Kier molecular flexibility index (Phi) is 3.17. The molecule has 0 fully saturated rings. The summed E-state index contributed by atoms with van der Waals surface area (Å²) in [6.45, 7) is 1.33. The number of pyridine rings is 1. The van der Waals surface area contributed by atoms with Gasteiger partial charge < -0.3 is 10.4 Å². The van der Waals surface area contributed by atoms with Crippen LogP contribution >= 0.6 is 0 Å². The van der Waals surface area contributed by atoms with Crippen LogP contribution in [0.15, 0.2) is 18.5 Å². The van der Waals surface area contributed by atoms with Crippen molar-refractivity contribution in [1.29, 1.82) is 0 Å². The minimum absolute atomic E-state index is 0.0411. The lowest BCUT2D eigenvalue weighted by molar-refractivity contribution is -0.116. The van der Waals surface area contributed by atoms with E-state index in [0.29, 0.717) is 0 Å². The van der Waals surface area contributed by atoms with E-state index in [0.717, 1.165) is 0 Å². The summed E-state index contributed by atoms with van der Waals surface area (Å²) in [6, 6.07) is 1.38. The van der Waals surface area contributed by atoms with Crippen LogP contribution in [0, 0.1) is 0 Å². The Labute approximate surface area is 80.8 Å². The van der Waals surface area contributed by atoms with Gasteiger partial charge in [0, 0.05) is 6.20 Å². The average molecular weight is 194 g/mol. The predicted octanol–water partition coefficient (Wildman–Crippen LogP) is 0.106. The molecule has 14 heavy (non-hydrogen) atoms. The molecule has 0 atom stereocenters. The number of nitrogens with one attached hydrogen (secondary N) is 1. The number of carbonyl (C=O) groups excluding carboxylic acids is 2. The van der Waals surface area contributed by atoms with Crippen LogP contribution in [0.3, 0.4) is 0 Å². The van der Waals surface area contributed by atoms with Crippen molar-refractivity contribution in [2.75, 3.05) is 6.54 Å². The first-order chi connectivity index (χ1) is 6.61. The van der Waals surface area contributed by atoms with Gasteiger partial charge in [0.2, 0.25) is 0 Å². The van der Waals surface area contributed by atoms with Crippen LogP contribution in [0.1, 0.15) is 17.3 Å². The number of aromatic hydroxyl groups is 1. The molecule has 0 unspecified atom stereocenters. The normalized spacial score (nSPS) is 9.50. The third kappa shape index (κ3) is 2.55.